The average Bonchev–Trinajstić information content (AvgIpc) is 2.97. The summed E-state index contributed by atoms with van der Waals surface area (Å²) in [6, 6.07) is 7.85. The van der Waals surface area contributed by atoms with Crippen LogP contribution in [0.15, 0.2) is 24.3 Å². The molecular formula is C17H22N4O. The van der Waals surface area contributed by atoms with Crippen molar-refractivity contribution in [3.8, 4) is 11.4 Å². The number of carbonyl (C=O) groups is 1. The van der Waals surface area contributed by atoms with Crippen LogP contribution in [0.5, 0.6) is 0 Å². The Morgan fingerprint density at radius 2 is 2.14 bits per heavy atom. The number of benzene rings is 1. The van der Waals surface area contributed by atoms with Crippen LogP contribution in [-0.4, -0.2) is 33.4 Å². The standard InChI is InChI=1S/C17H22N4O/c1-3-11(2)21-9-8-14-15(10-21)20-17(19-14)13-6-4-12(5-7-13)16(18)22/h4-7,11H,3,8-10H2,1-2H3,(H2,18,22)(H,19,20)/t11-/m0/s1. The lowest BCUT2D eigenvalue weighted by Gasteiger charge is -2.31. The van der Waals surface area contributed by atoms with E-state index in [1.54, 1.807) is 12.1 Å². The van der Waals surface area contributed by atoms with Gasteiger partial charge in [-0.15, -0.1) is 0 Å². The van der Waals surface area contributed by atoms with Gasteiger partial charge in [0.15, 0.2) is 0 Å². The summed E-state index contributed by atoms with van der Waals surface area (Å²) in [6.07, 6.45) is 2.14. The van der Waals surface area contributed by atoms with Crippen LogP contribution in [0.1, 0.15) is 42.0 Å². The highest BCUT2D eigenvalue weighted by Crippen LogP contribution is 2.24. The van der Waals surface area contributed by atoms with Crippen molar-refractivity contribution >= 4 is 5.91 Å². The van der Waals surface area contributed by atoms with Gasteiger partial charge in [0, 0.05) is 36.7 Å². The number of aromatic nitrogens is 2. The predicted molar refractivity (Wildman–Crippen MR) is 86.4 cm³/mol. The number of hydrogen-bond acceptors (Lipinski definition) is 3. The number of carbonyl (C=O) groups excluding carboxylic acids is 1. The Kier molecular flexibility index (Phi) is 3.98. The first-order chi connectivity index (χ1) is 10.6. The summed E-state index contributed by atoms with van der Waals surface area (Å²) in [5.74, 6) is 0.460. The van der Waals surface area contributed by atoms with Gasteiger partial charge in [-0.05, 0) is 25.5 Å². The van der Waals surface area contributed by atoms with Crippen molar-refractivity contribution in [2.75, 3.05) is 6.54 Å². The molecule has 1 aromatic heterocycles. The number of nitrogens with two attached hydrogens (primary N) is 1. The quantitative estimate of drug-likeness (QED) is 0.909. The second-order valence-electron chi connectivity index (χ2n) is 5.93. The van der Waals surface area contributed by atoms with Crippen molar-refractivity contribution in [1.82, 2.24) is 14.9 Å². The molecule has 1 aromatic carbocycles. The first kappa shape index (κ1) is 14.8. The van der Waals surface area contributed by atoms with Gasteiger partial charge in [-0.1, -0.05) is 19.1 Å². The van der Waals surface area contributed by atoms with Crippen LogP contribution in [0, 0.1) is 0 Å². The molecule has 1 aliphatic rings. The molecule has 3 N–H and O–H groups in total. The third-order valence-electron chi connectivity index (χ3n) is 4.52. The number of aromatic amines is 1. The number of nitrogens with zero attached hydrogens (tertiary/aromatic N) is 2. The van der Waals surface area contributed by atoms with Gasteiger partial charge in [-0.3, -0.25) is 9.69 Å². The van der Waals surface area contributed by atoms with Crippen LogP contribution >= 0.6 is 0 Å². The molecule has 2 heterocycles. The summed E-state index contributed by atoms with van der Waals surface area (Å²) >= 11 is 0. The minimum absolute atomic E-state index is 0.408. The lowest BCUT2D eigenvalue weighted by molar-refractivity contribution is 0.100. The fourth-order valence-corrected chi connectivity index (χ4v) is 2.88. The molecule has 2 aromatic rings. The normalized spacial score (nSPS) is 16.3. The van der Waals surface area contributed by atoms with Crippen molar-refractivity contribution in [2.24, 2.45) is 5.73 Å². The highest BCUT2D eigenvalue weighted by Gasteiger charge is 2.23. The maximum absolute atomic E-state index is 11.1. The molecule has 0 saturated carbocycles. The number of rotatable bonds is 4. The Morgan fingerprint density at radius 3 is 2.77 bits per heavy atom. The molecule has 0 bridgehead atoms. The van der Waals surface area contributed by atoms with Crippen molar-refractivity contribution in [3.05, 3.63) is 41.2 Å². The smallest absolute Gasteiger partial charge is 0.248 e. The summed E-state index contributed by atoms with van der Waals surface area (Å²) in [6.45, 7) is 6.48. The summed E-state index contributed by atoms with van der Waals surface area (Å²) in [5.41, 5.74) is 9.14. The minimum Gasteiger partial charge on any atom is -0.366 e. The Labute approximate surface area is 130 Å². The summed E-state index contributed by atoms with van der Waals surface area (Å²) in [5, 5.41) is 0. The molecular weight excluding hydrogens is 276 g/mol. The number of hydrogen-bond donors (Lipinski definition) is 2. The van der Waals surface area contributed by atoms with Gasteiger partial charge in [0.1, 0.15) is 5.82 Å². The zero-order valence-electron chi connectivity index (χ0n) is 13.1. The highest BCUT2D eigenvalue weighted by atomic mass is 16.1. The van der Waals surface area contributed by atoms with Gasteiger partial charge < -0.3 is 10.7 Å². The fourth-order valence-electron chi connectivity index (χ4n) is 2.88. The van der Waals surface area contributed by atoms with E-state index >= 15 is 0 Å². The minimum atomic E-state index is -0.408. The van der Waals surface area contributed by atoms with Gasteiger partial charge in [-0.2, -0.15) is 0 Å². The Morgan fingerprint density at radius 1 is 1.41 bits per heavy atom. The van der Waals surface area contributed by atoms with Gasteiger partial charge in [0.25, 0.3) is 0 Å². The van der Waals surface area contributed by atoms with Gasteiger partial charge >= 0.3 is 0 Å². The van der Waals surface area contributed by atoms with Crippen molar-refractivity contribution in [2.45, 2.75) is 39.3 Å². The topological polar surface area (TPSA) is 75.0 Å². The maximum Gasteiger partial charge on any atom is 0.248 e. The number of H-pyrrole nitrogens is 1. The van der Waals surface area contributed by atoms with E-state index in [1.165, 1.54) is 5.69 Å². The first-order valence-corrected chi connectivity index (χ1v) is 7.80. The van der Waals surface area contributed by atoms with E-state index in [9.17, 15) is 4.79 Å². The summed E-state index contributed by atoms with van der Waals surface area (Å²) < 4.78 is 0. The van der Waals surface area contributed by atoms with E-state index in [-0.39, 0.29) is 0 Å². The number of fused-ring (bicyclic) bond motifs is 1. The van der Waals surface area contributed by atoms with Crippen LogP contribution in [0.25, 0.3) is 11.4 Å². The third-order valence-corrected chi connectivity index (χ3v) is 4.52. The molecule has 0 spiro atoms. The molecule has 0 saturated heterocycles. The monoisotopic (exact) mass is 298 g/mol. The Hall–Kier alpha value is -2.14. The zero-order chi connectivity index (χ0) is 15.7. The number of amides is 1. The lowest BCUT2D eigenvalue weighted by atomic mass is 10.1. The van der Waals surface area contributed by atoms with Crippen molar-refractivity contribution < 1.29 is 4.79 Å². The van der Waals surface area contributed by atoms with Gasteiger partial charge in [0.2, 0.25) is 5.91 Å². The molecule has 116 valence electrons. The molecule has 3 rings (SSSR count). The molecule has 1 atom stereocenters. The van der Waals surface area contributed by atoms with Crippen molar-refractivity contribution in [3.63, 3.8) is 0 Å². The molecule has 0 radical (unpaired) electrons. The second kappa shape index (κ2) is 5.93. The Balaban J connectivity index is 1.83. The van der Waals surface area contributed by atoms with E-state index < -0.39 is 5.91 Å². The molecule has 0 fully saturated rings. The predicted octanol–water partition coefficient (Wildman–Crippen LogP) is 2.33. The molecule has 22 heavy (non-hydrogen) atoms. The lowest BCUT2D eigenvalue weighted by Crippen LogP contribution is -2.37. The molecule has 5 heteroatoms. The van der Waals surface area contributed by atoms with E-state index in [0.29, 0.717) is 11.6 Å². The molecule has 1 aliphatic heterocycles. The first-order valence-electron chi connectivity index (χ1n) is 7.80. The van der Waals surface area contributed by atoms with Gasteiger partial charge in [-0.25, -0.2) is 4.98 Å². The number of imidazole rings is 1. The fraction of sp³-hybridized carbons (Fsp3) is 0.412. The highest BCUT2D eigenvalue weighted by molar-refractivity contribution is 5.93. The third kappa shape index (κ3) is 2.76. The van der Waals surface area contributed by atoms with E-state index in [0.717, 1.165) is 43.0 Å². The van der Waals surface area contributed by atoms with Crippen LogP contribution in [0.3, 0.4) is 0 Å². The van der Waals surface area contributed by atoms with E-state index in [1.807, 2.05) is 12.1 Å². The largest absolute Gasteiger partial charge is 0.366 e. The van der Waals surface area contributed by atoms with Crippen molar-refractivity contribution in [1.29, 1.82) is 0 Å². The van der Waals surface area contributed by atoms with Crippen LogP contribution in [0.4, 0.5) is 0 Å². The zero-order valence-corrected chi connectivity index (χ0v) is 13.1. The second-order valence-corrected chi connectivity index (χ2v) is 5.93. The summed E-state index contributed by atoms with van der Waals surface area (Å²) in [7, 11) is 0. The molecule has 1 amide bonds. The molecule has 5 nitrogen and oxygen atoms in total. The molecule has 0 aliphatic carbocycles. The summed E-state index contributed by atoms with van der Waals surface area (Å²) in [4.78, 5) is 21.8. The SMILES string of the molecule is CC[C@H](C)N1CCc2nc(-c3ccc(C(N)=O)cc3)[nH]c2C1. The van der Waals surface area contributed by atoms with E-state index in [2.05, 4.69) is 23.7 Å². The van der Waals surface area contributed by atoms with Crippen LogP contribution in [0.2, 0.25) is 0 Å². The number of primary amides is 1. The average molecular weight is 298 g/mol. The molecule has 0 unspecified atom stereocenters. The van der Waals surface area contributed by atoms with E-state index in [4.69, 9.17) is 10.7 Å². The van der Waals surface area contributed by atoms with Crippen LogP contribution < -0.4 is 5.73 Å². The van der Waals surface area contributed by atoms with Crippen LogP contribution in [-0.2, 0) is 13.0 Å². The maximum atomic E-state index is 11.1. The van der Waals surface area contributed by atoms with Gasteiger partial charge in [0.05, 0.1) is 11.4 Å². The Bertz CT molecular complexity index is 674. The number of nitrogens with one attached hydrogen (secondary N) is 1.